The Morgan fingerprint density at radius 2 is 1.85 bits per heavy atom. The van der Waals surface area contributed by atoms with Gasteiger partial charge in [0.1, 0.15) is 0 Å². The molecule has 142 valence electrons. The summed E-state index contributed by atoms with van der Waals surface area (Å²) in [6, 6.07) is 13.7. The SMILES string of the molecule is O=C(CN1CCCC(O)C1)Nc1ccccc1C(=O)Nc1ccc(Cl)cc1. The lowest BCUT2D eigenvalue weighted by Crippen LogP contribution is -2.42. The lowest BCUT2D eigenvalue weighted by molar-refractivity contribution is -0.118. The number of carbonyl (C=O) groups is 2. The van der Waals surface area contributed by atoms with Crippen molar-refractivity contribution in [2.45, 2.75) is 18.9 Å². The van der Waals surface area contributed by atoms with E-state index >= 15 is 0 Å². The molecule has 0 aliphatic carbocycles. The molecule has 3 N–H and O–H groups in total. The highest BCUT2D eigenvalue weighted by Gasteiger charge is 2.20. The van der Waals surface area contributed by atoms with Crippen LogP contribution in [0.25, 0.3) is 0 Å². The van der Waals surface area contributed by atoms with Gasteiger partial charge in [-0.15, -0.1) is 0 Å². The molecule has 2 amide bonds. The van der Waals surface area contributed by atoms with Gasteiger partial charge < -0.3 is 15.7 Å². The van der Waals surface area contributed by atoms with Gasteiger partial charge in [-0.3, -0.25) is 14.5 Å². The van der Waals surface area contributed by atoms with Crippen LogP contribution < -0.4 is 10.6 Å². The Labute approximate surface area is 163 Å². The fourth-order valence-electron chi connectivity index (χ4n) is 3.09. The van der Waals surface area contributed by atoms with Crippen LogP contribution in [0.3, 0.4) is 0 Å². The standard InChI is InChI=1S/C20H22ClN3O3/c21-14-7-9-15(10-8-14)22-20(27)17-5-1-2-6-18(17)23-19(26)13-24-11-3-4-16(25)12-24/h1-2,5-10,16,25H,3-4,11-13H2,(H,22,27)(H,23,26). The van der Waals surface area contributed by atoms with Gasteiger partial charge >= 0.3 is 0 Å². The molecule has 0 spiro atoms. The second-order valence-electron chi connectivity index (χ2n) is 6.59. The molecule has 2 aromatic carbocycles. The van der Waals surface area contributed by atoms with Crippen LogP contribution in [-0.2, 0) is 4.79 Å². The Balaban J connectivity index is 1.65. The molecule has 1 saturated heterocycles. The van der Waals surface area contributed by atoms with Gasteiger partial charge in [-0.2, -0.15) is 0 Å². The van der Waals surface area contributed by atoms with Crippen molar-refractivity contribution in [1.29, 1.82) is 0 Å². The molecular weight excluding hydrogens is 366 g/mol. The Morgan fingerprint density at radius 1 is 1.11 bits per heavy atom. The number of rotatable bonds is 5. The fourth-order valence-corrected chi connectivity index (χ4v) is 3.22. The summed E-state index contributed by atoms with van der Waals surface area (Å²) in [6.07, 6.45) is 1.25. The van der Waals surface area contributed by atoms with Crippen LogP contribution >= 0.6 is 11.6 Å². The summed E-state index contributed by atoms with van der Waals surface area (Å²) in [5, 5.41) is 15.9. The van der Waals surface area contributed by atoms with Gasteiger partial charge in [0.2, 0.25) is 5.91 Å². The van der Waals surface area contributed by atoms with Crippen LogP contribution in [0.1, 0.15) is 23.2 Å². The molecule has 0 aromatic heterocycles. The third kappa shape index (κ3) is 5.53. The number of aliphatic hydroxyl groups is 1. The molecule has 27 heavy (non-hydrogen) atoms. The van der Waals surface area contributed by atoms with Crippen molar-refractivity contribution in [1.82, 2.24) is 4.90 Å². The van der Waals surface area contributed by atoms with E-state index < -0.39 is 0 Å². The third-order valence-corrected chi connectivity index (χ3v) is 4.65. The number of carbonyl (C=O) groups excluding carboxylic acids is 2. The summed E-state index contributed by atoms with van der Waals surface area (Å²) in [6.45, 7) is 1.46. The number of likely N-dealkylation sites (tertiary alicyclic amines) is 1. The van der Waals surface area contributed by atoms with Crippen molar-refractivity contribution in [3.05, 3.63) is 59.1 Å². The van der Waals surface area contributed by atoms with Crippen molar-refractivity contribution >= 4 is 34.8 Å². The first-order valence-corrected chi connectivity index (χ1v) is 9.25. The van der Waals surface area contributed by atoms with E-state index in [1.807, 2.05) is 4.90 Å². The van der Waals surface area contributed by atoms with Crippen molar-refractivity contribution < 1.29 is 14.7 Å². The lowest BCUT2D eigenvalue weighted by Gasteiger charge is -2.29. The molecule has 0 radical (unpaired) electrons. The van der Waals surface area contributed by atoms with Gasteiger partial charge in [0.15, 0.2) is 0 Å². The Morgan fingerprint density at radius 3 is 2.59 bits per heavy atom. The average Bonchev–Trinajstić information content (AvgIpc) is 2.64. The van der Waals surface area contributed by atoms with Gasteiger partial charge in [-0.1, -0.05) is 23.7 Å². The van der Waals surface area contributed by atoms with Crippen LogP contribution in [0.4, 0.5) is 11.4 Å². The zero-order valence-corrected chi connectivity index (χ0v) is 15.6. The molecule has 0 saturated carbocycles. The van der Waals surface area contributed by atoms with Crippen LogP contribution in [0, 0.1) is 0 Å². The molecule has 1 heterocycles. The number of anilines is 2. The molecule has 7 heteroatoms. The first kappa shape index (κ1) is 19.4. The van der Waals surface area contributed by atoms with Gasteiger partial charge in [0, 0.05) is 17.3 Å². The number of hydrogen-bond acceptors (Lipinski definition) is 4. The largest absolute Gasteiger partial charge is 0.392 e. The first-order valence-electron chi connectivity index (χ1n) is 8.87. The number of β-amino-alcohol motifs (C(OH)–C–C–N with tert-alkyl or cyclic N) is 1. The quantitative estimate of drug-likeness (QED) is 0.736. The minimum Gasteiger partial charge on any atom is -0.392 e. The average molecular weight is 388 g/mol. The second kappa shape index (κ2) is 8.99. The lowest BCUT2D eigenvalue weighted by atomic mass is 10.1. The van der Waals surface area contributed by atoms with E-state index in [1.54, 1.807) is 48.5 Å². The molecule has 3 rings (SSSR count). The van der Waals surface area contributed by atoms with E-state index in [9.17, 15) is 14.7 Å². The van der Waals surface area contributed by atoms with Gasteiger partial charge in [-0.05, 0) is 55.8 Å². The molecule has 1 atom stereocenters. The van der Waals surface area contributed by atoms with E-state index in [2.05, 4.69) is 10.6 Å². The highest BCUT2D eigenvalue weighted by Crippen LogP contribution is 2.19. The number of benzene rings is 2. The summed E-state index contributed by atoms with van der Waals surface area (Å²) in [5.74, 6) is -0.530. The highest BCUT2D eigenvalue weighted by atomic mass is 35.5. The Bertz CT molecular complexity index is 810. The van der Waals surface area contributed by atoms with Crippen molar-refractivity contribution in [3.63, 3.8) is 0 Å². The molecule has 1 aliphatic heterocycles. The molecule has 2 aromatic rings. The summed E-state index contributed by atoms with van der Waals surface area (Å²) in [4.78, 5) is 26.9. The Hall–Kier alpha value is -2.41. The van der Waals surface area contributed by atoms with E-state index in [0.717, 1.165) is 19.4 Å². The summed E-state index contributed by atoms with van der Waals surface area (Å²) in [5.41, 5.74) is 1.44. The predicted octanol–water partition coefficient (Wildman–Crippen LogP) is 2.99. The topological polar surface area (TPSA) is 81.7 Å². The molecule has 1 unspecified atom stereocenters. The van der Waals surface area contributed by atoms with E-state index in [4.69, 9.17) is 11.6 Å². The third-order valence-electron chi connectivity index (χ3n) is 4.40. The molecule has 1 aliphatic rings. The molecular formula is C20H22ClN3O3. The number of amides is 2. The van der Waals surface area contributed by atoms with E-state index in [0.29, 0.717) is 28.5 Å². The van der Waals surface area contributed by atoms with E-state index in [-0.39, 0.29) is 24.5 Å². The van der Waals surface area contributed by atoms with Crippen molar-refractivity contribution in [2.24, 2.45) is 0 Å². The summed E-state index contributed by atoms with van der Waals surface area (Å²) in [7, 11) is 0. The number of nitrogens with zero attached hydrogens (tertiary/aromatic N) is 1. The molecule has 0 bridgehead atoms. The number of aliphatic hydroxyl groups excluding tert-OH is 1. The maximum absolute atomic E-state index is 12.6. The minimum atomic E-state index is -0.385. The van der Waals surface area contributed by atoms with Gasteiger partial charge in [-0.25, -0.2) is 0 Å². The maximum Gasteiger partial charge on any atom is 0.257 e. The number of piperidine rings is 1. The van der Waals surface area contributed by atoms with Crippen LogP contribution in [0.2, 0.25) is 5.02 Å². The van der Waals surface area contributed by atoms with Gasteiger partial charge in [0.25, 0.3) is 5.91 Å². The smallest absolute Gasteiger partial charge is 0.257 e. The minimum absolute atomic E-state index is 0.185. The maximum atomic E-state index is 12.6. The van der Waals surface area contributed by atoms with E-state index in [1.165, 1.54) is 0 Å². The number of para-hydroxylation sites is 1. The normalized spacial score (nSPS) is 17.3. The first-order chi connectivity index (χ1) is 13.0. The zero-order valence-electron chi connectivity index (χ0n) is 14.8. The van der Waals surface area contributed by atoms with Gasteiger partial charge in [0.05, 0.1) is 23.9 Å². The van der Waals surface area contributed by atoms with Crippen LogP contribution in [0.5, 0.6) is 0 Å². The monoisotopic (exact) mass is 387 g/mol. The van der Waals surface area contributed by atoms with Crippen LogP contribution in [0.15, 0.2) is 48.5 Å². The summed E-state index contributed by atoms with van der Waals surface area (Å²) >= 11 is 5.86. The van der Waals surface area contributed by atoms with Crippen LogP contribution in [-0.4, -0.2) is 47.6 Å². The Kier molecular flexibility index (Phi) is 6.45. The molecule has 6 nitrogen and oxygen atoms in total. The second-order valence-corrected chi connectivity index (χ2v) is 7.02. The zero-order chi connectivity index (χ0) is 19.2. The number of hydrogen-bond donors (Lipinski definition) is 3. The predicted molar refractivity (Wildman–Crippen MR) is 106 cm³/mol. The summed E-state index contributed by atoms with van der Waals surface area (Å²) < 4.78 is 0. The number of nitrogens with one attached hydrogen (secondary N) is 2. The van der Waals surface area contributed by atoms with Crippen molar-refractivity contribution in [3.8, 4) is 0 Å². The fraction of sp³-hybridized carbons (Fsp3) is 0.300. The number of halogens is 1. The highest BCUT2D eigenvalue weighted by molar-refractivity contribution is 6.30. The van der Waals surface area contributed by atoms with Crippen molar-refractivity contribution in [2.75, 3.05) is 30.3 Å². The molecule has 1 fully saturated rings.